The molecule has 31 heavy (non-hydrogen) atoms. The fourth-order valence-electron chi connectivity index (χ4n) is 3.69. The number of hydrogen-bond acceptors (Lipinski definition) is 3. The highest BCUT2D eigenvalue weighted by atomic mass is 16.3. The average molecular weight is 409 g/mol. The van der Waals surface area contributed by atoms with Crippen molar-refractivity contribution in [2.75, 3.05) is 0 Å². The van der Waals surface area contributed by atoms with E-state index in [1.807, 2.05) is 36.4 Å². The maximum Gasteiger partial charge on any atom is 0.226 e. The molecule has 0 fully saturated rings. The number of hydrogen-bond donors (Lipinski definition) is 0. The van der Waals surface area contributed by atoms with Crippen LogP contribution in [0.15, 0.2) is 101 Å². The van der Waals surface area contributed by atoms with E-state index < -0.39 is 0 Å². The lowest BCUT2D eigenvalue weighted by atomic mass is 10.0. The molecule has 156 valence electrons. The van der Waals surface area contributed by atoms with Crippen LogP contribution in [0.5, 0.6) is 0 Å². The second-order valence-corrected chi connectivity index (χ2v) is 7.86. The van der Waals surface area contributed by atoms with E-state index in [4.69, 9.17) is 9.41 Å². The molecule has 3 nitrogen and oxygen atoms in total. The smallest absolute Gasteiger partial charge is 0.226 e. The predicted molar refractivity (Wildman–Crippen MR) is 127 cm³/mol. The molecule has 1 atom stereocenters. The van der Waals surface area contributed by atoms with Gasteiger partial charge in [-0.05, 0) is 61.9 Å². The van der Waals surface area contributed by atoms with Crippen molar-refractivity contribution in [1.29, 1.82) is 0 Å². The highest BCUT2D eigenvalue weighted by Gasteiger charge is 2.07. The molecule has 1 heterocycles. The topological polar surface area (TPSA) is 38.4 Å². The number of aryl methyl sites for hydroxylation is 2. The Balaban J connectivity index is 1.31. The molecule has 3 heteroatoms. The van der Waals surface area contributed by atoms with Crippen LogP contribution < -0.4 is 0 Å². The zero-order valence-electron chi connectivity index (χ0n) is 18.2. The molecule has 3 aromatic carbocycles. The van der Waals surface area contributed by atoms with Gasteiger partial charge in [0, 0.05) is 11.3 Å². The van der Waals surface area contributed by atoms with Gasteiger partial charge in [-0.1, -0.05) is 72.8 Å². The van der Waals surface area contributed by atoms with E-state index in [1.165, 1.54) is 16.7 Å². The molecule has 0 aliphatic carbocycles. The number of benzene rings is 3. The summed E-state index contributed by atoms with van der Waals surface area (Å²) in [6.07, 6.45) is 4.75. The second-order valence-electron chi connectivity index (χ2n) is 7.86. The first-order chi connectivity index (χ1) is 15.2. The van der Waals surface area contributed by atoms with Crippen LogP contribution in [-0.2, 0) is 12.8 Å². The van der Waals surface area contributed by atoms with Crippen LogP contribution in [-0.4, -0.2) is 10.7 Å². The van der Waals surface area contributed by atoms with Gasteiger partial charge in [-0.3, -0.25) is 4.99 Å². The fourth-order valence-corrected chi connectivity index (χ4v) is 3.69. The quantitative estimate of drug-likeness (QED) is 0.292. The molecule has 0 saturated carbocycles. The van der Waals surface area contributed by atoms with Gasteiger partial charge in [-0.25, -0.2) is 4.98 Å². The summed E-state index contributed by atoms with van der Waals surface area (Å²) in [4.78, 5) is 9.49. The highest BCUT2D eigenvalue weighted by molar-refractivity contribution is 5.98. The molecule has 0 amide bonds. The van der Waals surface area contributed by atoms with E-state index >= 15 is 0 Å². The molecular formula is C28H28N2O. The number of oxazole rings is 1. The lowest BCUT2D eigenvalue weighted by Gasteiger charge is -2.10. The molecule has 0 bridgehead atoms. The standard InChI is InChI=1S/C28H28N2O/c1-21(24-11-5-3-6-12-24)29-22(2)25-18-16-23(17-19-25)10-9-15-27-20-31-28(30-27)26-13-7-4-8-14-26/h3-8,11-14,16-21H,9-10,15H2,1-2H3/t21-/m0/s1. The van der Waals surface area contributed by atoms with Gasteiger partial charge in [0.25, 0.3) is 0 Å². The zero-order valence-corrected chi connectivity index (χ0v) is 18.2. The lowest BCUT2D eigenvalue weighted by molar-refractivity contribution is 0.572. The van der Waals surface area contributed by atoms with Crippen molar-refractivity contribution >= 4 is 5.71 Å². The summed E-state index contributed by atoms with van der Waals surface area (Å²) < 4.78 is 5.63. The molecule has 0 aliphatic rings. The predicted octanol–water partition coefficient (Wildman–Crippen LogP) is 7.09. The molecule has 4 aromatic rings. The van der Waals surface area contributed by atoms with E-state index in [9.17, 15) is 0 Å². The van der Waals surface area contributed by atoms with Crippen molar-refractivity contribution in [2.24, 2.45) is 4.99 Å². The van der Waals surface area contributed by atoms with Gasteiger partial charge in [0.2, 0.25) is 5.89 Å². The Morgan fingerprint density at radius 2 is 1.55 bits per heavy atom. The normalized spacial score (nSPS) is 12.6. The molecule has 0 saturated heterocycles. The molecule has 0 spiro atoms. The van der Waals surface area contributed by atoms with Crippen molar-refractivity contribution < 1.29 is 4.42 Å². The lowest BCUT2D eigenvalue weighted by Crippen LogP contribution is -1.99. The van der Waals surface area contributed by atoms with Gasteiger partial charge in [0.15, 0.2) is 0 Å². The van der Waals surface area contributed by atoms with Crippen LogP contribution in [0.2, 0.25) is 0 Å². The van der Waals surface area contributed by atoms with Crippen LogP contribution >= 0.6 is 0 Å². The summed E-state index contributed by atoms with van der Waals surface area (Å²) in [5.41, 5.74) is 6.84. The first-order valence-electron chi connectivity index (χ1n) is 10.9. The van der Waals surface area contributed by atoms with E-state index in [0.29, 0.717) is 5.89 Å². The van der Waals surface area contributed by atoms with Crippen LogP contribution in [0.25, 0.3) is 11.5 Å². The van der Waals surface area contributed by atoms with E-state index in [-0.39, 0.29) is 6.04 Å². The Morgan fingerprint density at radius 1 is 0.871 bits per heavy atom. The van der Waals surface area contributed by atoms with Gasteiger partial charge in [-0.15, -0.1) is 0 Å². The van der Waals surface area contributed by atoms with Crippen LogP contribution in [0, 0.1) is 0 Å². The number of rotatable bonds is 8. The second kappa shape index (κ2) is 10.0. The first kappa shape index (κ1) is 20.8. The highest BCUT2D eigenvalue weighted by Crippen LogP contribution is 2.20. The number of aliphatic imine (C=N–C) groups is 1. The summed E-state index contributed by atoms with van der Waals surface area (Å²) in [5, 5.41) is 0. The number of aromatic nitrogens is 1. The molecule has 0 N–H and O–H groups in total. The van der Waals surface area contributed by atoms with Crippen molar-refractivity contribution in [1.82, 2.24) is 4.98 Å². The maximum absolute atomic E-state index is 5.63. The summed E-state index contributed by atoms with van der Waals surface area (Å²) in [6.45, 7) is 4.23. The minimum atomic E-state index is 0.157. The first-order valence-corrected chi connectivity index (χ1v) is 10.9. The van der Waals surface area contributed by atoms with Gasteiger partial charge in [0.05, 0.1) is 11.7 Å². The minimum absolute atomic E-state index is 0.157. The molecule has 0 unspecified atom stereocenters. The Bertz CT molecular complexity index is 1110. The van der Waals surface area contributed by atoms with Gasteiger partial charge < -0.3 is 4.42 Å². The van der Waals surface area contributed by atoms with Crippen LogP contribution in [0.3, 0.4) is 0 Å². The summed E-state index contributed by atoms with van der Waals surface area (Å²) in [5.74, 6) is 0.694. The van der Waals surface area contributed by atoms with Gasteiger partial charge in [-0.2, -0.15) is 0 Å². The summed E-state index contributed by atoms with van der Waals surface area (Å²) in [7, 11) is 0. The van der Waals surface area contributed by atoms with E-state index in [0.717, 1.165) is 36.2 Å². The minimum Gasteiger partial charge on any atom is -0.444 e. The Hall–Kier alpha value is -3.46. The van der Waals surface area contributed by atoms with Crippen molar-refractivity contribution in [3.63, 3.8) is 0 Å². The fraction of sp³-hybridized carbons (Fsp3) is 0.214. The maximum atomic E-state index is 5.63. The molecule has 4 rings (SSSR count). The van der Waals surface area contributed by atoms with Gasteiger partial charge >= 0.3 is 0 Å². The average Bonchev–Trinajstić information content (AvgIpc) is 3.29. The third-order valence-corrected chi connectivity index (χ3v) is 5.51. The monoisotopic (exact) mass is 408 g/mol. The third-order valence-electron chi connectivity index (χ3n) is 5.51. The van der Waals surface area contributed by atoms with E-state index in [1.54, 1.807) is 6.26 Å². The zero-order chi connectivity index (χ0) is 21.5. The Labute approximate surface area is 184 Å². The largest absolute Gasteiger partial charge is 0.444 e. The number of nitrogens with zero attached hydrogens (tertiary/aromatic N) is 2. The van der Waals surface area contributed by atoms with E-state index in [2.05, 4.69) is 67.4 Å². The third kappa shape index (κ3) is 5.58. The molecule has 1 aromatic heterocycles. The molecular weight excluding hydrogens is 380 g/mol. The summed E-state index contributed by atoms with van der Waals surface area (Å²) >= 11 is 0. The SMILES string of the molecule is CC(=N[C@@H](C)c1ccccc1)c1ccc(CCCc2coc(-c3ccccc3)n2)cc1. The summed E-state index contributed by atoms with van der Waals surface area (Å²) in [6, 6.07) is 29.4. The molecule has 0 aliphatic heterocycles. The molecule has 0 radical (unpaired) electrons. The van der Waals surface area contributed by atoms with Crippen molar-refractivity contribution in [2.45, 2.75) is 39.2 Å². The van der Waals surface area contributed by atoms with Crippen molar-refractivity contribution in [3.8, 4) is 11.5 Å². The Kier molecular flexibility index (Phi) is 6.73. The van der Waals surface area contributed by atoms with Crippen molar-refractivity contribution in [3.05, 3.63) is 114 Å². The van der Waals surface area contributed by atoms with Crippen LogP contribution in [0.1, 0.15) is 48.7 Å². The van der Waals surface area contributed by atoms with Crippen LogP contribution in [0.4, 0.5) is 0 Å². The Morgan fingerprint density at radius 3 is 2.26 bits per heavy atom. The van der Waals surface area contributed by atoms with Gasteiger partial charge in [0.1, 0.15) is 6.26 Å².